The number of esters is 1. The maximum absolute atomic E-state index is 12.7. The first-order valence-corrected chi connectivity index (χ1v) is 10.6. The Labute approximate surface area is 180 Å². The van der Waals surface area contributed by atoms with Gasteiger partial charge in [0.2, 0.25) is 0 Å². The van der Waals surface area contributed by atoms with E-state index in [2.05, 4.69) is 37.5 Å². The Kier molecular flexibility index (Phi) is 5.75. The summed E-state index contributed by atoms with van der Waals surface area (Å²) in [6, 6.07) is 2.93. The van der Waals surface area contributed by atoms with Crippen LogP contribution >= 0.6 is 23.4 Å². The lowest BCUT2D eigenvalue weighted by Crippen LogP contribution is -2.45. The molecule has 1 aromatic rings. The van der Waals surface area contributed by atoms with Crippen molar-refractivity contribution in [2.75, 3.05) is 19.1 Å². The van der Waals surface area contributed by atoms with Crippen molar-refractivity contribution in [1.82, 2.24) is 4.90 Å². The second-order valence-electron chi connectivity index (χ2n) is 8.16. The molecular weight excluding hydrogens is 412 g/mol. The molecule has 1 aromatic carbocycles. The lowest BCUT2D eigenvalue weighted by molar-refractivity contribution is -0.148. The minimum atomic E-state index is -0.978. The maximum atomic E-state index is 12.7. The van der Waals surface area contributed by atoms with Gasteiger partial charge in [-0.15, -0.1) is 0 Å². The van der Waals surface area contributed by atoms with Crippen LogP contribution in [0.15, 0.2) is 17.0 Å². The molecule has 0 N–H and O–H groups in total. The molecule has 0 bridgehead atoms. The normalized spacial score (nSPS) is 23.4. The molecule has 2 heterocycles. The molecular formula is C21H25ClN2O4S. The second kappa shape index (κ2) is 7.69. The first-order chi connectivity index (χ1) is 13.5. The maximum Gasteiger partial charge on any atom is 0.328 e. The molecule has 1 saturated heterocycles. The molecule has 0 aliphatic carbocycles. The zero-order valence-electron chi connectivity index (χ0n) is 17.4. The Balaban J connectivity index is 1.98. The van der Waals surface area contributed by atoms with Crippen molar-refractivity contribution in [1.29, 1.82) is 0 Å². The quantitative estimate of drug-likeness (QED) is 0.507. The molecule has 2 atom stereocenters. The van der Waals surface area contributed by atoms with E-state index in [-0.39, 0.29) is 10.4 Å². The number of hydrogen-bond acceptors (Lipinski definition) is 6. The summed E-state index contributed by atoms with van der Waals surface area (Å²) in [4.78, 5) is 40.2. The zero-order chi connectivity index (χ0) is 21.7. The van der Waals surface area contributed by atoms with Gasteiger partial charge in [0.1, 0.15) is 6.04 Å². The summed E-state index contributed by atoms with van der Waals surface area (Å²) in [5, 5.41) is 0.0106. The van der Waals surface area contributed by atoms with Crippen LogP contribution in [0.4, 0.5) is 10.5 Å². The Morgan fingerprint density at radius 3 is 2.66 bits per heavy atom. The molecule has 1 fully saturated rings. The lowest BCUT2D eigenvalue weighted by atomic mass is 9.80. The van der Waals surface area contributed by atoms with Crippen LogP contribution in [0.5, 0.6) is 0 Å². The van der Waals surface area contributed by atoms with E-state index in [1.165, 1.54) is 14.0 Å². The standard InChI is InChI=1S/C21H25ClN2O4S/c1-11-10-21(3,4)23(5)16-9-15(22)13(7-14(11)16)8-17-18(25)24(20(27)29-17)12(2)19(26)28-6/h7-9,11-12H,10H2,1-6H3/b17-8-. The fraction of sp³-hybridized carbons (Fsp3) is 0.476. The molecule has 0 aromatic heterocycles. The van der Waals surface area contributed by atoms with E-state index >= 15 is 0 Å². The van der Waals surface area contributed by atoms with Crippen molar-refractivity contribution in [3.63, 3.8) is 0 Å². The number of rotatable bonds is 3. The number of amides is 2. The van der Waals surface area contributed by atoms with E-state index in [1.54, 1.807) is 6.08 Å². The van der Waals surface area contributed by atoms with Gasteiger partial charge in [-0.3, -0.25) is 14.5 Å². The average molecular weight is 437 g/mol. The number of anilines is 1. The highest BCUT2D eigenvalue weighted by Gasteiger charge is 2.41. The van der Waals surface area contributed by atoms with Crippen molar-refractivity contribution in [2.45, 2.75) is 51.6 Å². The van der Waals surface area contributed by atoms with Crippen LogP contribution in [0.3, 0.4) is 0 Å². The van der Waals surface area contributed by atoms with Crippen LogP contribution in [0, 0.1) is 0 Å². The Bertz CT molecular complexity index is 928. The van der Waals surface area contributed by atoms with Gasteiger partial charge >= 0.3 is 5.97 Å². The summed E-state index contributed by atoms with van der Waals surface area (Å²) in [5.41, 5.74) is 2.93. The minimum absolute atomic E-state index is 0.0178. The molecule has 3 rings (SSSR count). The fourth-order valence-corrected chi connectivity index (χ4v) is 5.06. The first-order valence-electron chi connectivity index (χ1n) is 9.40. The Hall–Kier alpha value is -1.99. The highest BCUT2D eigenvalue weighted by Crippen LogP contribution is 2.45. The molecule has 0 radical (unpaired) electrons. The van der Waals surface area contributed by atoms with Crippen LogP contribution in [-0.2, 0) is 14.3 Å². The van der Waals surface area contributed by atoms with E-state index < -0.39 is 23.2 Å². The van der Waals surface area contributed by atoms with E-state index in [1.807, 2.05) is 12.1 Å². The second-order valence-corrected chi connectivity index (χ2v) is 9.56. The third-order valence-corrected chi connectivity index (χ3v) is 7.00. The number of carbonyl (C=O) groups excluding carboxylic acids is 3. The summed E-state index contributed by atoms with van der Waals surface area (Å²) in [6.45, 7) is 8.05. The summed E-state index contributed by atoms with van der Waals surface area (Å²) in [7, 11) is 3.28. The van der Waals surface area contributed by atoms with Crippen LogP contribution in [0.1, 0.15) is 51.2 Å². The monoisotopic (exact) mass is 436 g/mol. The number of thioether (sulfide) groups is 1. The number of hydrogen-bond donors (Lipinski definition) is 0. The molecule has 2 aliphatic heterocycles. The smallest absolute Gasteiger partial charge is 0.328 e. The lowest BCUT2D eigenvalue weighted by Gasteiger charge is -2.45. The van der Waals surface area contributed by atoms with Gasteiger partial charge in [-0.05, 0) is 74.2 Å². The molecule has 0 spiro atoms. The topological polar surface area (TPSA) is 66.9 Å². The number of methoxy groups -OCH3 is 1. The molecule has 2 unspecified atom stereocenters. The van der Waals surface area contributed by atoms with Gasteiger partial charge < -0.3 is 9.64 Å². The van der Waals surface area contributed by atoms with Crippen molar-refractivity contribution < 1.29 is 19.1 Å². The molecule has 29 heavy (non-hydrogen) atoms. The number of carbonyl (C=O) groups is 3. The number of imide groups is 1. The van der Waals surface area contributed by atoms with Crippen molar-refractivity contribution in [3.8, 4) is 0 Å². The first kappa shape index (κ1) is 21.7. The number of fused-ring (bicyclic) bond motifs is 1. The summed E-state index contributed by atoms with van der Waals surface area (Å²) >= 11 is 7.34. The zero-order valence-corrected chi connectivity index (χ0v) is 19.0. The molecule has 2 amide bonds. The van der Waals surface area contributed by atoms with Gasteiger partial charge in [-0.1, -0.05) is 18.5 Å². The highest BCUT2D eigenvalue weighted by atomic mass is 35.5. The van der Waals surface area contributed by atoms with Crippen molar-refractivity contribution in [3.05, 3.63) is 33.2 Å². The Morgan fingerprint density at radius 1 is 1.38 bits per heavy atom. The number of halogens is 1. The van der Waals surface area contributed by atoms with E-state index in [0.29, 0.717) is 16.5 Å². The van der Waals surface area contributed by atoms with E-state index in [4.69, 9.17) is 11.6 Å². The Morgan fingerprint density at radius 2 is 2.03 bits per heavy atom. The van der Waals surface area contributed by atoms with Crippen LogP contribution in [0.2, 0.25) is 5.02 Å². The van der Waals surface area contributed by atoms with Crippen molar-refractivity contribution >= 4 is 52.2 Å². The van der Waals surface area contributed by atoms with E-state index in [9.17, 15) is 14.4 Å². The molecule has 8 heteroatoms. The van der Waals surface area contributed by atoms with Gasteiger partial charge in [0.15, 0.2) is 0 Å². The van der Waals surface area contributed by atoms with Crippen molar-refractivity contribution in [2.24, 2.45) is 0 Å². The number of nitrogens with zero attached hydrogens (tertiary/aromatic N) is 2. The van der Waals surface area contributed by atoms with Crippen LogP contribution in [-0.4, -0.2) is 47.8 Å². The number of benzene rings is 1. The van der Waals surface area contributed by atoms with Gasteiger partial charge in [0, 0.05) is 23.3 Å². The fourth-order valence-electron chi connectivity index (χ4n) is 3.95. The summed E-state index contributed by atoms with van der Waals surface area (Å²) < 4.78 is 4.66. The largest absolute Gasteiger partial charge is 0.467 e. The third kappa shape index (κ3) is 3.78. The molecule has 2 aliphatic rings. The van der Waals surface area contributed by atoms with Gasteiger partial charge in [-0.25, -0.2) is 4.79 Å². The minimum Gasteiger partial charge on any atom is -0.467 e. The highest BCUT2D eigenvalue weighted by molar-refractivity contribution is 8.18. The molecule has 0 saturated carbocycles. The van der Waals surface area contributed by atoms with Gasteiger partial charge in [0.25, 0.3) is 11.1 Å². The van der Waals surface area contributed by atoms with Gasteiger partial charge in [0.05, 0.1) is 12.0 Å². The predicted molar refractivity (Wildman–Crippen MR) is 116 cm³/mol. The summed E-state index contributed by atoms with van der Waals surface area (Å²) in [6.07, 6.45) is 2.62. The van der Waals surface area contributed by atoms with Gasteiger partial charge in [-0.2, -0.15) is 0 Å². The third-order valence-electron chi connectivity index (χ3n) is 5.79. The van der Waals surface area contributed by atoms with Crippen LogP contribution < -0.4 is 4.90 Å². The average Bonchev–Trinajstić information content (AvgIpc) is 2.92. The number of ether oxygens (including phenoxy) is 1. The van der Waals surface area contributed by atoms with Crippen LogP contribution in [0.25, 0.3) is 6.08 Å². The molecule has 6 nitrogen and oxygen atoms in total. The predicted octanol–water partition coefficient (Wildman–Crippen LogP) is 4.66. The van der Waals surface area contributed by atoms with E-state index in [0.717, 1.165) is 34.3 Å². The SMILES string of the molecule is COC(=O)C(C)N1C(=O)S/C(=C\c2cc3c(cc2Cl)N(C)C(C)(C)CC3C)C1=O. The summed E-state index contributed by atoms with van der Waals surface area (Å²) in [5.74, 6) is -0.826. The molecule has 156 valence electrons.